The fraction of sp³-hybridized carbons (Fsp3) is 0.231. The van der Waals surface area contributed by atoms with Gasteiger partial charge in [-0.3, -0.25) is 0 Å². The lowest BCUT2D eigenvalue weighted by molar-refractivity contribution is 0.587. The normalized spacial score (nSPS) is 11.8. The average molecular weight is 249 g/mol. The van der Waals surface area contributed by atoms with Crippen LogP contribution in [0.4, 0.5) is 0 Å². The van der Waals surface area contributed by atoms with Crippen LogP contribution in [-0.2, 0) is 16.4 Å². The number of hydrogen-bond donors (Lipinski definition) is 1. The van der Waals surface area contributed by atoms with Crippen molar-refractivity contribution in [3.05, 3.63) is 48.0 Å². The van der Waals surface area contributed by atoms with E-state index in [2.05, 4.69) is 4.72 Å². The first-order valence-corrected chi connectivity index (χ1v) is 7.15. The first-order chi connectivity index (χ1) is 8.11. The van der Waals surface area contributed by atoms with Crippen LogP contribution in [0.25, 0.3) is 10.8 Å². The van der Waals surface area contributed by atoms with Gasteiger partial charge >= 0.3 is 0 Å². The molecule has 0 aliphatic carbocycles. The van der Waals surface area contributed by atoms with E-state index in [9.17, 15) is 8.42 Å². The van der Waals surface area contributed by atoms with Crippen LogP contribution in [0.15, 0.2) is 42.5 Å². The number of fused-ring (bicyclic) bond motifs is 1. The molecule has 90 valence electrons. The number of rotatable bonds is 4. The number of hydrogen-bond acceptors (Lipinski definition) is 2. The molecule has 0 unspecified atom stereocenters. The summed E-state index contributed by atoms with van der Waals surface area (Å²) >= 11 is 0. The maximum Gasteiger partial charge on any atom is 0.211 e. The lowest BCUT2D eigenvalue weighted by Crippen LogP contribution is -2.23. The molecule has 17 heavy (non-hydrogen) atoms. The Morgan fingerprint density at radius 2 is 1.76 bits per heavy atom. The Labute approximate surface area is 102 Å². The molecule has 0 spiro atoms. The van der Waals surface area contributed by atoms with E-state index in [-0.39, 0.29) is 5.75 Å². The van der Waals surface area contributed by atoms with E-state index in [1.54, 1.807) is 0 Å². The third-order valence-electron chi connectivity index (χ3n) is 2.78. The minimum Gasteiger partial charge on any atom is -0.218 e. The van der Waals surface area contributed by atoms with E-state index in [1.165, 1.54) is 12.4 Å². The second-order valence-electron chi connectivity index (χ2n) is 3.95. The summed E-state index contributed by atoms with van der Waals surface area (Å²) in [5, 5.41) is 2.32. The molecule has 3 nitrogen and oxygen atoms in total. The zero-order valence-corrected chi connectivity index (χ0v) is 10.5. The molecular formula is C13H15NO2S. The van der Waals surface area contributed by atoms with Crippen molar-refractivity contribution in [1.82, 2.24) is 4.72 Å². The molecule has 0 saturated heterocycles. The van der Waals surface area contributed by atoms with Gasteiger partial charge in [0.2, 0.25) is 10.0 Å². The first kappa shape index (κ1) is 12.1. The van der Waals surface area contributed by atoms with Crippen molar-refractivity contribution in [1.29, 1.82) is 0 Å². The predicted octanol–water partition coefficient (Wildman–Crippen LogP) is 1.93. The van der Waals surface area contributed by atoms with Crippen LogP contribution in [-0.4, -0.2) is 21.2 Å². The van der Waals surface area contributed by atoms with Gasteiger partial charge in [0.1, 0.15) is 0 Å². The third kappa shape index (κ3) is 3.05. The minimum atomic E-state index is -3.12. The molecule has 0 saturated carbocycles. The maximum atomic E-state index is 11.3. The molecule has 0 heterocycles. The van der Waals surface area contributed by atoms with Crippen molar-refractivity contribution < 1.29 is 8.42 Å². The summed E-state index contributed by atoms with van der Waals surface area (Å²) in [5.74, 6) is 0.127. The molecule has 2 rings (SSSR count). The van der Waals surface area contributed by atoms with Crippen molar-refractivity contribution in [3.63, 3.8) is 0 Å². The van der Waals surface area contributed by atoms with Gasteiger partial charge in [-0.15, -0.1) is 0 Å². The van der Waals surface area contributed by atoms with Crippen LogP contribution in [0.3, 0.4) is 0 Å². The van der Waals surface area contributed by atoms with E-state index in [0.29, 0.717) is 6.42 Å². The molecule has 2 aromatic carbocycles. The van der Waals surface area contributed by atoms with Crippen LogP contribution in [0.2, 0.25) is 0 Å². The number of nitrogens with one attached hydrogen (secondary N) is 1. The van der Waals surface area contributed by atoms with Crippen LogP contribution in [0.5, 0.6) is 0 Å². The zero-order valence-electron chi connectivity index (χ0n) is 9.68. The summed E-state index contributed by atoms with van der Waals surface area (Å²) in [6.07, 6.45) is 0.536. The van der Waals surface area contributed by atoms with Gasteiger partial charge in [-0.1, -0.05) is 42.5 Å². The Hall–Kier alpha value is -1.39. The monoisotopic (exact) mass is 249 g/mol. The molecule has 1 N–H and O–H groups in total. The summed E-state index contributed by atoms with van der Waals surface area (Å²) in [6, 6.07) is 14.1. The molecule has 0 radical (unpaired) electrons. The van der Waals surface area contributed by atoms with Crippen LogP contribution < -0.4 is 4.72 Å². The van der Waals surface area contributed by atoms with Crippen LogP contribution in [0.1, 0.15) is 5.56 Å². The Morgan fingerprint density at radius 3 is 2.47 bits per heavy atom. The SMILES string of the molecule is CNS(=O)(=O)CCc1ccc2ccccc2c1. The minimum absolute atomic E-state index is 0.127. The quantitative estimate of drug-likeness (QED) is 0.900. The molecule has 0 aliphatic heterocycles. The largest absolute Gasteiger partial charge is 0.218 e. The Kier molecular flexibility index (Phi) is 3.45. The van der Waals surface area contributed by atoms with E-state index in [1.807, 2.05) is 42.5 Å². The Bertz CT molecular complexity index is 620. The highest BCUT2D eigenvalue weighted by Gasteiger charge is 2.07. The molecular weight excluding hydrogens is 234 g/mol. The summed E-state index contributed by atoms with van der Waals surface area (Å²) < 4.78 is 25.0. The van der Waals surface area contributed by atoms with Gasteiger partial charge in [-0.2, -0.15) is 0 Å². The Morgan fingerprint density at radius 1 is 1.06 bits per heavy atom. The molecule has 0 amide bonds. The molecule has 0 aliphatic rings. The first-order valence-electron chi connectivity index (χ1n) is 5.50. The average Bonchev–Trinajstić information content (AvgIpc) is 2.36. The van der Waals surface area contributed by atoms with Gasteiger partial charge < -0.3 is 0 Å². The lowest BCUT2D eigenvalue weighted by atomic mass is 10.1. The molecule has 0 atom stereocenters. The van der Waals surface area contributed by atoms with E-state index < -0.39 is 10.0 Å². The van der Waals surface area contributed by atoms with Gasteiger partial charge in [0.25, 0.3) is 0 Å². The van der Waals surface area contributed by atoms with Crippen molar-refractivity contribution in [2.45, 2.75) is 6.42 Å². The van der Waals surface area contributed by atoms with Crippen LogP contribution in [0, 0.1) is 0 Å². The van der Waals surface area contributed by atoms with Gasteiger partial charge in [0.05, 0.1) is 5.75 Å². The highest BCUT2D eigenvalue weighted by atomic mass is 32.2. The van der Waals surface area contributed by atoms with Crippen LogP contribution >= 0.6 is 0 Å². The summed E-state index contributed by atoms with van der Waals surface area (Å²) in [4.78, 5) is 0. The molecule has 0 fully saturated rings. The fourth-order valence-corrected chi connectivity index (χ4v) is 2.46. The van der Waals surface area contributed by atoms with Gasteiger partial charge in [-0.05, 0) is 29.8 Å². The van der Waals surface area contributed by atoms with Crippen molar-refractivity contribution in [3.8, 4) is 0 Å². The number of sulfonamides is 1. The van der Waals surface area contributed by atoms with E-state index in [0.717, 1.165) is 10.9 Å². The summed E-state index contributed by atoms with van der Waals surface area (Å²) in [6.45, 7) is 0. The lowest BCUT2D eigenvalue weighted by Gasteiger charge is -2.04. The topological polar surface area (TPSA) is 46.2 Å². The highest BCUT2D eigenvalue weighted by molar-refractivity contribution is 7.89. The molecule has 0 bridgehead atoms. The van der Waals surface area contributed by atoms with Gasteiger partial charge in [0, 0.05) is 0 Å². The predicted molar refractivity (Wildman–Crippen MR) is 70.5 cm³/mol. The van der Waals surface area contributed by atoms with E-state index >= 15 is 0 Å². The summed E-state index contributed by atoms with van der Waals surface area (Å²) in [5.41, 5.74) is 1.04. The third-order valence-corrected chi connectivity index (χ3v) is 4.15. The molecule has 0 aromatic heterocycles. The zero-order chi connectivity index (χ0) is 12.3. The second kappa shape index (κ2) is 4.85. The molecule has 2 aromatic rings. The molecule has 4 heteroatoms. The smallest absolute Gasteiger partial charge is 0.211 e. The maximum absolute atomic E-state index is 11.3. The second-order valence-corrected chi connectivity index (χ2v) is 6.00. The Balaban J connectivity index is 2.20. The van der Waals surface area contributed by atoms with Crippen molar-refractivity contribution in [2.75, 3.05) is 12.8 Å². The van der Waals surface area contributed by atoms with Gasteiger partial charge in [0.15, 0.2) is 0 Å². The fourth-order valence-electron chi connectivity index (χ4n) is 1.75. The van der Waals surface area contributed by atoms with Crippen molar-refractivity contribution in [2.24, 2.45) is 0 Å². The number of benzene rings is 2. The highest BCUT2D eigenvalue weighted by Crippen LogP contribution is 2.16. The number of aryl methyl sites for hydroxylation is 1. The van der Waals surface area contributed by atoms with Gasteiger partial charge in [-0.25, -0.2) is 13.1 Å². The van der Waals surface area contributed by atoms with Crippen molar-refractivity contribution >= 4 is 20.8 Å². The summed E-state index contributed by atoms with van der Waals surface area (Å²) in [7, 11) is -1.68. The van der Waals surface area contributed by atoms with E-state index in [4.69, 9.17) is 0 Å². The standard InChI is InChI=1S/C13H15NO2S/c1-14-17(15,16)9-8-11-6-7-12-4-2-3-5-13(12)10-11/h2-7,10,14H,8-9H2,1H3.